The van der Waals surface area contributed by atoms with Crippen molar-refractivity contribution in [2.75, 3.05) is 26.8 Å². The van der Waals surface area contributed by atoms with Crippen LogP contribution in [0, 0.1) is 22.6 Å². The van der Waals surface area contributed by atoms with Gasteiger partial charge in [-0.1, -0.05) is 23.7 Å². The van der Waals surface area contributed by atoms with Crippen LogP contribution < -0.4 is 20.5 Å². The first-order chi connectivity index (χ1) is 20.3. The minimum absolute atomic E-state index is 0.0742. The lowest BCUT2D eigenvalue weighted by atomic mass is 9.93. The number of methoxy groups -OCH3 is 1. The highest BCUT2D eigenvalue weighted by molar-refractivity contribution is 6.31. The number of aromatic amines is 1. The molecule has 5 N–H and O–H groups in total. The Balaban J connectivity index is 0.000000385. The average Bonchev–Trinajstić information content (AvgIpc) is 3.37. The summed E-state index contributed by atoms with van der Waals surface area (Å²) in [4.78, 5) is 17.1. The number of aromatic nitrogens is 1. The molecule has 1 aliphatic heterocycles. The summed E-state index contributed by atoms with van der Waals surface area (Å²) >= 11 is 6.21. The first-order valence-corrected chi connectivity index (χ1v) is 13.4. The van der Waals surface area contributed by atoms with E-state index < -0.39 is 0 Å². The van der Waals surface area contributed by atoms with Gasteiger partial charge >= 0.3 is 0 Å². The first kappa shape index (κ1) is 30.0. The SMILES string of the molecule is COc1ccc(F)cc1.N#C/C(=C/NCCOc1ccc(C2c3[nH]c4ccc(Cl)cc4c3CCN2C=O)cc1)C(=N)N. The number of nitrogens with one attached hydrogen (secondary N) is 3. The minimum atomic E-state index is -0.283. The van der Waals surface area contributed by atoms with E-state index in [2.05, 4.69) is 10.3 Å². The van der Waals surface area contributed by atoms with Crippen LogP contribution >= 0.6 is 11.6 Å². The maximum Gasteiger partial charge on any atom is 0.210 e. The van der Waals surface area contributed by atoms with Gasteiger partial charge in [0.15, 0.2) is 0 Å². The molecule has 0 aliphatic carbocycles. The van der Waals surface area contributed by atoms with Crippen molar-refractivity contribution in [2.45, 2.75) is 12.5 Å². The van der Waals surface area contributed by atoms with Gasteiger partial charge in [-0.05, 0) is 72.1 Å². The number of rotatable bonds is 9. The minimum Gasteiger partial charge on any atom is -0.497 e. The fourth-order valence-corrected chi connectivity index (χ4v) is 4.81. The predicted molar refractivity (Wildman–Crippen MR) is 160 cm³/mol. The van der Waals surface area contributed by atoms with Crippen LogP contribution in [0.4, 0.5) is 4.39 Å². The van der Waals surface area contributed by atoms with Gasteiger partial charge in [0.25, 0.3) is 0 Å². The molecule has 9 nitrogen and oxygen atoms in total. The molecule has 216 valence electrons. The van der Waals surface area contributed by atoms with Crippen LogP contribution in [0.15, 0.2) is 78.5 Å². The monoisotopic (exact) mass is 588 g/mol. The van der Waals surface area contributed by atoms with Gasteiger partial charge in [0.2, 0.25) is 6.41 Å². The average molecular weight is 589 g/mol. The molecule has 2 heterocycles. The van der Waals surface area contributed by atoms with E-state index in [1.807, 2.05) is 48.5 Å². The van der Waals surface area contributed by atoms with Gasteiger partial charge in [0.1, 0.15) is 41.4 Å². The van der Waals surface area contributed by atoms with E-state index in [-0.39, 0.29) is 23.3 Å². The molecule has 3 aromatic carbocycles. The molecule has 42 heavy (non-hydrogen) atoms. The molecule has 1 aliphatic rings. The van der Waals surface area contributed by atoms with Crippen molar-refractivity contribution in [1.29, 1.82) is 10.7 Å². The van der Waals surface area contributed by atoms with Gasteiger partial charge in [0, 0.05) is 40.9 Å². The molecule has 0 radical (unpaired) electrons. The van der Waals surface area contributed by atoms with Gasteiger partial charge in [-0.15, -0.1) is 0 Å². The van der Waals surface area contributed by atoms with E-state index in [4.69, 9.17) is 37.5 Å². The molecular formula is C31H30ClFN6O3. The molecule has 11 heteroatoms. The molecule has 1 aromatic heterocycles. The van der Waals surface area contributed by atoms with E-state index >= 15 is 0 Å². The molecule has 0 saturated heterocycles. The number of amides is 1. The number of nitriles is 1. The Kier molecular flexibility index (Phi) is 10.0. The molecule has 0 fully saturated rings. The Bertz CT molecular complexity index is 1610. The van der Waals surface area contributed by atoms with Crippen molar-refractivity contribution >= 4 is 34.7 Å². The topological polar surface area (TPSA) is 140 Å². The lowest BCUT2D eigenvalue weighted by Gasteiger charge is -2.33. The largest absolute Gasteiger partial charge is 0.497 e. The first-order valence-electron chi connectivity index (χ1n) is 13.1. The predicted octanol–water partition coefficient (Wildman–Crippen LogP) is 5.07. The van der Waals surface area contributed by atoms with Crippen LogP contribution in [0.1, 0.15) is 22.9 Å². The zero-order valence-corrected chi connectivity index (χ0v) is 23.6. The van der Waals surface area contributed by atoms with Crippen LogP contribution in [0.2, 0.25) is 5.02 Å². The summed E-state index contributed by atoms with van der Waals surface area (Å²) < 4.78 is 22.7. The Morgan fingerprint density at radius 2 is 1.93 bits per heavy atom. The zero-order chi connectivity index (χ0) is 30.1. The number of carbonyl (C=O) groups is 1. The normalized spacial score (nSPS) is 14.2. The second-order valence-electron chi connectivity index (χ2n) is 9.32. The highest BCUT2D eigenvalue weighted by Gasteiger charge is 2.31. The fourth-order valence-electron chi connectivity index (χ4n) is 4.64. The third kappa shape index (κ3) is 7.19. The zero-order valence-electron chi connectivity index (χ0n) is 22.9. The maximum atomic E-state index is 12.2. The third-order valence-electron chi connectivity index (χ3n) is 6.68. The molecule has 4 aromatic rings. The number of hydrogen-bond donors (Lipinski definition) is 4. The quantitative estimate of drug-likeness (QED) is 0.0707. The lowest BCUT2D eigenvalue weighted by Crippen LogP contribution is -2.34. The van der Waals surface area contributed by atoms with Crippen molar-refractivity contribution in [3.63, 3.8) is 0 Å². The molecule has 1 amide bonds. The maximum absolute atomic E-state index is 12.2. The highest BCUT2D eigenvalue weighted by Crippen LogP contribution is 2.38. The summed E-state index contributed by atoms with van der Waals surface area (Å²) in [5.41, 5.74) is 9.56. The second kappa shape index (κ2) is 14.1. The number of hydrogen-bond acceptors (Lipinski definition) is 6. The smallest absolute Gasteiger partial charge is 0.210 e. The van der Waals surface area contributed by atoms with Gasteiger partial charge < -0.3 is 30.4 Å². The number of ether oxygens (including phenoxy) is 2. The van der Waals surface area contributed by atoms with Gasteiger partial charge in [-0.3, -0.25) is 10.2 Å². The number of nitrogens with zero attached hydrogens (tertiary/aromatic N) is 2. The van der Waals surface area contributed by atoms with Crippen LogP contribution in [-0.4, -0.2) is 48.9 Å². The highest BCUT2D eigenvalue weighted by atomic mass is 35.5. The summed E-state index contributed by atoms with van der Waals surface area (Å²) in [5, 5.41) is 20.8. The van der Waals surface area contributed by atoms with Gasteiger partial charge in [0.05, 0.1) is 13.2 Å². The number of carbonyl (C=O) groups excluding carboxylic acids is 1. The van der Waals surface area contributed by atoms with E-state index in [1.165, 1.54) is 23.9 Å². The van der Waals surface area contributed by atoms with E-state index in [0.29, 0.717) is 36.2 Å². The van der Waals surface area contributed by atoms with Gasteiger partial charge in [-0.25, -0.2) is 4.39 Å². The number of amidine groups is 1. The van der Waals surface area contributed by atoms with Crippen molar-refractivity contribution in [2.24, 2.45) is 5.73 Å². The number of nitrogens with two attached hydrogens (primary N) is 1. The number of H-pyrrole nitrogens is 1. The summed E-state index contributed by atoms with van der Waals surface area (Å²) in [6, 6.07) is 21.0. The molecule has 0 saturated carbocycles. The molecular weight excluding hydrogens is 559 g/mol. The van der Waals surface area contributed by atoms with Crippen molar-refractivity contribution in [1.82, 2.24) is 15.2 Å². The van der Waals surface area contributed by atoms with Crippen molar-refractivity contribution < 1.29 is 18.7 Å². The second-order valence-corrected chi connectivity index (χ2v) is 9.75. The Hall–Kier alpha value is -5.01. The van der Waals surface area contributed by atoms with Gasteiger partial charge in [-0.2, -0.15) is 5.26 Å². The summed E-state index contributed by atoms with van der Waals surface area (Å²) in [6.07, 6.45) is 3.06. The standard InChI is InChI=1S/C24H23ClN6O2.C7H7FO/c25-17-3-6-21-20(11-17)19-7-9-31(14-32)23(22(19)30-21)15-1-4-18(5-2-15)33-10-8-29-13-16(12-26)24(27)28;1-9-7-4-2-6(8)3-5-7/h1-6,11,13-14,23,29-30H,7-10H2,(H3,27,28);2-5H,1H3/b16-13-;. The van der Waals surface area contributed by atoms with Crippen LogP contribution in [0.25, 0.3) is 10.9 Å². The Labute approximate surface area is 247 Å². The molecule has 5 rings (SSSR count). The van der Waals surface area contributed by atoms with E-state index in [1.54, 1.807) is 24.1 Å². The molecule has 1 unspecified atom stereocenters. The molecule has 1 atom stereocenters. The van der Waals surface area contributed by atoms with Crippen molar-refractivity contribution in [3.05, 3.63) is 106 Å². The molecule has 0 spiro atoms. The molecule has 0 bridgehead atoms. The summed E-state index contributed by atoms with van der Waals surface area (Å²) in [5.74, 6) is 0.843. The summed E-state index contributed by atoms with van der Waals surface area (Å²) in [6.45, 7) is 1.44. The number of benzene rings is 3. The van der Waals surface area contributed by atoms with E-state index in [0.717, 1.165) is 35.0 Å². The van der Waals surface area contributed by atoms with Crippen LogP contribution in [0.5, 0.6) is 11.5 Å². The van der Waals surface area contributed by atoms with Crippen LogP contribution in [-0.2, 0) is 11.2 Å². The Morgan fingerprint density at radius 3 is 2.57 bits per heavy atom. The number of halogens is 2. The third-order valence-corrected chi connectivity index (χ3v) is 6.91. The number of fused-ring (bicyclic) bond motifs is 3. The fraction of sp³-hybridized carbons (Fsp3) is 0.194. The van der Waals surface area contributed by atoms with E-state index in [9.17, 15) is 9.18 Å². The van der Waals surface area contributed by atoms with Crippen LogP contribution in [0.3, 0.4) is 0 Å². The summed E-state index contributed by atoms with van der Waals surface area (Å²) in [7, 11) is 1.55. The lowest BCUT2D eigenvalue weighted by molar-refractivity contribution is -0.120. The van der Waals surface area contributed by atoms with Crippen molar-refractivity contribution in [3.8, 4) is 17.6 Å². The Morgan fingerprint density at radius 1 is 1.21 bits per heavy atom.